The van der Waals surface area contributed by atoms with E-state index in [1.165, 1.54) is 16.8 Å². The van der Waals surface area contributed by atoms with Crippen molar-refractivity contribution >= 4 is 5.69 Å². The van der Waals surface area contributed by atoms with Crippen LogP contribution in [-0.4, -0.2) is 25.5 Å². The Bertz CT molecular complexity index is 367. The van der Waals surface area contributed by atoms with Crippen LogP contribution in [0.3, 0.4) is 0 Å². The Morgan fingerprint density at radius 3 is 2.87 bits per heavy atom. The molecule has 1 aromatic rings. The molecule has 1 aliphatic heterocycles. The monoisotopic (exact) mass is 202 g/mol. The molecule has 1 heterocycles. The fraction of sp³-hybridized carbons (Fsp3) is 0.385. The van der Waals surface area contributed by atoms with Gasteiger partial charge in [0.05, 0.1) is 0 Å². The van der Waals surface area contributed by atoms with E-state index in [-0.39, 0.29) is 0 Å². The first-order chi connectivity index (χ1) is 7.25. The van der Waals surface area contributed by atoms with E-state index >= 15 is 0 Å². The highest BCUT2D eigenvalue weighted by Crippen LogP contribution is 2.23. The van der Waals surface area contributed by atoms with Crippen LogP contribution in [0.15, 0.2) is 36.0 Å². The molecule has 15 heavy (non-hydrogen) atoms. The van der Waals surface area contributed by atoms with Crippen LogP contribution in [0, 0.1) is 0 Å². The molecule has 1 aliphatic rings. The molecule has 2 rings (SSSR count). The average Bonchev–Trinajstić information content (AvgIpc) is 2.38. The van der Waals surface area contributed by atoms with E-state index in [1.54, 1.807) is 0 Å². The number of hydrogen-bond acceptors (Lipinski definition) is 2. The second-order valence-electron chi connectivity index (χ2n) is 4.26. The van der Waals surface area contributed by atoms with Crippen LogP contribution in [0.1, 0.15) is 12.0 Å². The molecule has 80 valence electrons. The molecule has 0 bridgehead atoms. The van der Waals surface area contributed by atoms with Crippen molar-refractivity contribution in [3.63, 3.8) is 0 Å². The maximum atomic E-state index is 3.47. The molecule has 0 aromatic heterocycles. The van der Waals surface area contributed by atoms with Gasteiger partial charge in [0.25, 0.3) is 0 Å². The lowest BCUT2D eigenvalue weighted by Crippen LogP contribution is -2.05. The molecule has 0 unspecified atom stereocenters. The van der Waals surface area contributed by atoms with Gasteiger partial charge in [-0.3, -0.25) is 0 Å². The molecule has 2 nitrogen and oxygen atoms in total. The highest BCUT2D eigenvalue weighted by molar-refractivity contribution is 5.53. The maximum absolute atomic E-state index is 3.47. The first-order valence-electron chi connectivity index (χ1n) is 5.43. The molecule has 0 saturated carbocycles. The third kappa shape index (κ3) is 2.52. The van der Waals surface area contributed by atoms with Gasteiger partial charge in [-0.1, -0.05) is 18.2 Å². The van der Waals surface area contributed by atoms with Crippen LogP contribution in [0.4, 0.5) is 5.69 Å². The molecule has 1 aromatic carbocycles. The average molecular weight is 202 g/mol. The first kappa shape index (κ1) is 10.1. The predicted octanol–water partition coefficient (Wildman–Crippen LogP) is 2.49. The lowest BCUT2D eigenvalue weighted by atomic mass is 10.0. The van der Waals surface area contributed by atoms with E-state index in [2.05, 4.69) is 54.8 Å². The van der Waals surface area contributed by atoms with Crippen molar-refractivity contribution in [2.24, 2.45) is 0 Å². The van der Waals surface area contributed by atoms with Gasteiger partial charge in [-0.05, 0) is 36.2 Å². The number of anilines is 1. The van der Waals surface area contributed by atoms with E-state index in [0.29, 0.717) is 0 Å². The van der Waals surface area contributed by atoms with Crippen LogP contribution < -0.4 is 5.32 Å². The Labute approximate surface area is 91.6 Å². The zero-order valence-electron chi connectivity index (χ0n) is 9.46. The van der Waals surface area contributed by atoms with E-state index in [4.69, 9.17) is 0 Å². The summed E-state index contributed by atoms with van der Waals surface area (Å²) in [6.45, 7) is 1.04. The van der Waals surface area contributed by atoms with E-state index in [1.807, 2.05) is 0 Å². The van der Waals surface area contributed by atoms with Gasteiger partial charge in [-0.2, -0.15) is 0 Å². The number of fused-ring (bicyclic) bond motifs is 1. The van der Waals surface area contributed by atoms with Gasteiger partial charge >= 0.3 is 0 Å². The maximum Gasteiger partial charge on any atom is 0.0376 e. The SMILES string of the molecule is CN(C)C=C1CCNc2ccccc2C1. The van der Waals surface area contributed by atoms with Crippen LogP contribution in [0.25, 0.3) is 0 Å². The van der Waals surface area contributed by atoms with E-state index in [0.717, 1.165) is 19.4 Å². The summed E-state index contributed by atoms with van der Waals surface area (Å²) in [4.78, 5) is 2.13. The quantitative estimate of drug-likeness (QED) is 0.752. The summed E-state index contributed by atoms with van der Waals surface area (Å²) >= 11 is 0. The van der Waals surface area contributed by atoms with Crippen molar-refractivity contribution in [3.8, 4) is 0 Å². The van der Waals surface area contributed by atoms with Gasteiger partial charge in [0.1, 0.15) is 0 Å². The fourth-order valence-electron chi connectivity index (χ4n) is 2.01. The van der Waals surface area contributed by atoms with Gasteiger partial charge in [0.15, 0.2) is 0 Å². The Hall–Kier alpha value is -1.44. The predicted molar refractivity (Wildman–Crippen MR) is 65.0 cm³/mol. The number of rotatable bonds is 1. The molecule has 0 radical (unpaired) electrons. The minimum atomic E-state index is 1.04. The van der Waals surface area contributed by atoms with E-state index in [9.17, 15) is 0 Å². The standard InChI is InChI=1S/C13H18N2/c1-15(2)10-11-7-8-14-13-6-4-3-5-12(13)9-11/h3-6,10,14H,7-9H2,1-2H3. The van der Waals surface area contributed by atoms with Crippen molar-refractivity contribution in [1.29, 1.82) is 0 Å². The highest BCUT2D eigenvalue weighted by Gasteiger charge is 2.09. The van der Waals surface area contributed by atoms with Gasteiger partial charge in [0.2, 0.25) is 0 Å². The van der Waals surface area contributed by atoms with Crippen molar-refractivity contribution in [3.05, 3.63) is 41.6 Å². The topological polar surface area (TPSA) is 15.3 Å². The molecule has 0 amide bonds. The molecular formula is C13H18N2. The summed E-state index contributed by atoms with van der Waals surface area (Å²) in [6, 6.07) is 8.57. The number of para-hydroxylation sites is 1. The van der Waals surface area contributed by atoms with Gasteiger partial charge in [-0.25, -0.2) is 0 Å². The summed E-state index contributed by atoms with van der Waals surface area (Å²) in [5, 5.41) is 3.47. The van der Waals surface area contributed by atoms with Crippen molar-refractivity contribution < 1.29 is 0 Å². The summed E-state index contributed by atoms with van der Waals surface area (Å²) < 4.78 is 0. The Balaban J connectivity index is 2.25. The third-order valence-electron chi connectivity index (χ3n) is 2.64. The molecule has 0 spiro atoms. The summed E-state index contributed by atoms with van der Waals surface area (Å²) in [5.74, 6) is 0. The van der Waals surface area contributed by atoms with Gasteiger partial charge in [0, 0.05) is 26.3 Å². The Morgan fingerprint density at radius 2 is 2.07 bits per heavy atom. The summed E-state index contributed by atoms with van der Waals surface area (Å²) in [7, 11) is 4.16. The van der Waals surface area contributed by atoms with Gasteiger partial charge in [-0.15, -0.1) is 0 Å². The minimum absolute atomic E-state index is 1.04. The normalized spacial score (nSPS) is 17.9. The summed E-state index contributed by atoms with van der Waals surface area (Å²) in [5.41, 5.74) is 4.19. The molecule has 0 aliphatic carbocycles. The number of nitrogens with one attached hydrogen (secondary N) is 1. The van der Waals surface area contributed by atoms with E-state index < -0.39 is 0 Å². The lowest BCUT2D eigenvalue weighted by Gasteiger charge is -2.09. The molecule has 1 N–H and O–H groups in total. The van der Waals surface area contributed by atoms with Crippen LogP contribution in [0.2, 0.25) is 0 Å². The van der Waals surface area contributed by atoms with Crippen LogP contribution in [0.5, 0.6) is 0 Å². The second kappa shape index (κ2) is 4.39. The van der Waals surface area contributed by atoms with Crippen molar-refractivity contribution in [2.45, 2.75) is 12.8 Å². The van der Waals surface area contributed by atoms with Crippen LogP contribution in [-0.2, 0) is 6.42 Å². The number of hydrogen-bond donors (Lipinski definition) is 1. The third-order valence-corrected chi connectivity index (χ3v) is 2.64. The largest absolute Gasteiger partial charge is 0.384 e. The molecule has 2 heteroatoms. The van der Waals surface area contributed by atoms with Gasteiger partial charge < -0.3 is 10.2 Å². The fourth-order valence-corrected chi connectivity index (χ4v) is 2.01. The smallest absolute Gasteiger partial charge is 0.0376 e. The number of nitrogens with zero attached hydrogens (tertiary/aromatic N) is 1. The zero-order chi connectivity index (χ0) is 10.7. The summed E-state index contributed by atoms with van der Waals surface area (Å²) in [6.07, 6.45) is 4.44. The van der Waals surface area contributed by atoms with Crippen LogP contribution >= 0.6 is 0 Å². The molecular weight excluding hydrogens is 184 g/mol. The molecule has 0 fully saturated rings. The first-order valence-corrected chi connectivity index (χ1v) is 5.43. The highest BCUT2D eigenvalue weighted by atomic mass is 15.0. The Kier molecular flexibility index (Phi) is 2.95. The zero-order valence-corrected chi connectivity index (χ0v) is 9.46. The second-order valence-corrected chi connectivity index (χ2v) is 4.26. The lowest BCUT2D eigenvalue weighted by molar-refractivity contribution is 0.553. The Morgan fingerprint density at radius 1 is 1.27 bits per heavy atom. The molecule has 0 atom stereocenters. The van der Waals surface area contributed by atoms with Crippen molar-refractivity contribution in [2.75, 3.05) is 26.0 Å². The minimum Gasteiger partial charge on any atom is -0.384 e. The van der Waals surface area contributed by atoms with Crippen molar-refractivity contribution in [1.82, 2.24) is 4.90 Å². The molecule has 0 saturated heterocycles. The number of benzene rings is 1.